The molecule has 1 spiro atoms. The van der Waals surface area contributed by atoms with Crippen LogP contribution in [0.3, 0.4) is 0 Å². The third-order valence-electron chi connectivity index (χ3n) is 5.68. The first kappa shape index (κ1) is 12.2. The Balaban J connectivity index is 1.82. The van der Waals surface area contributed by atoms with Gasteiger partial charge in [-0.15, -0.1) is 0 Å². The van der Waals surface area contributed by atoms with Gasteiger partial charge in [-0.05, 0) is 30.4 Å². The number of carbonyl (C=O) groups is 2. The quantitative estimate of drug-likeness (QED) is 0.477. The van der Waals surface area contributed by atoms with Gasteiger partial charge in [0, 0.05) is 5.57 Å². The van der Waals surface area contributed by atoms with E-state index in [1.54, 1.807) is 0 Å². The third kappa shape index (κ3) is 1.03. The molecule has 0 saturated heterocycles. The van der Waals surface area contributed by atoms with Crippen molar-refractivity contribution in [1.29, 1.82) is 0 Å². The topological polar surface area (TPSA) is 43.4 Å². The summed E-state index contributed by atoms with van der Waals surface area (Å²) in [6.07, 6.45) is 8.21. The summed E-state index contributed by atoms with van der Waals surface area (Å²) >= 11 is 0. The number of esters is 1. The highest BCUT2D eigenvalue weighted by atomic mass is 16.6. The molecule has 1 heterocycles. The van der Waals surface area contributed by atoms with E-state index in [1.165, 1.54) is 12.5 Å². The standard InChI is InChI=1S/C19H14O3/c1-11(20)16-15-8-7-13-14-9-10-18(15,22-17(16)21)19(13,14)12-5-3-2-4-6-12/h2-10,13-14H,1H3/t13-,14+,18+,19-/m1/s1. The van der Waals surface area contributed by atoms with Crippen molar-refractivity contribution in [3.63, 3.8) is 0 Å². The summed E-state index contributed by atoms with van der Waals surface area (Å²) in [6.45, 7) is 1.43. The second-order valence-corrected chi connectivity index (χ2v) is 6.47. The number of allylic oxidation sites excluding steroid dienone is 2. The average molecular weight is 290 g/mol. The first-order chi connectivity index (χ1) is 10.6. The van der Waals surface area contributed by atoms with Crippen molar-refractivity contribution in [2.24, 2.45) is 11.8 Å². The minimum atomic E-state index is -0.795. The fraction of sp³-hybridized carbons (Fsp3) is 0.263. The van der Waals surface area contributed by atoms with Crippen LogP contribution in [0.15, 0.2) is 65.8 Å². The molecular formula is C19H14O3. The van der Waals surface area contributed by atoms with E-state index in [-0.39, 0.29) is 16.8 Å². The lowest BCUT2D eigenvalue weighted by atomic mass is 9.70. The van der Waals surface area contributed by atoms with Crippen LogP contribution in [0, 0.1) is 11.8 Å². The van der Waals surface area contributed by atoms with Gasteiger partial charge in [0.05, 0.1) is 5.41 Å². The maximum Gasteiger partial charge on any atom is 0.343 e. The molecule has 3 nitrogen and oxygen atoms in total. The molecule has 22 heavy (non-hydrogen) atoms. The van der Waals surface area contributed by atoms with Crippen LogP contribution >= 0.6 is 0 Å². The normalized spacial score (nSPS) is 39.6. The number of fused-ring (bicyclic) bond motifs is 1. The van der Waals surface area contributed by atoms with E-state index < -0.39 is 11.6 Å². The summed E-state index contributed by atoms with van der Waals surface area (Å²) in [5.41, 5.74) is 1.07. The molecule has 0 aromatic heterocycles. The van der Waals surface area contributed by atoms with Crippen molar-refractivity contribution in [3.8, 4) is 0 Å². The van der Waals surface area contributed by atoms with E-state index in [4.69, 9.17) is 4.74 Å². The van der Waals surface area contributed by atoms with Gasteiger partial charge in [0.15, 0.2) is 11.4 Å². The number of benzene rings is 1. The Bertz CT molecular complexity index is 829. The number of ketones is 1. The summed E-state index contributed by atoms with van der Waals surface area (Å²) in [6, 6.07) is 10.2. The second kappa shape index (κ2) is 3.49. The summed E-state index contributed by atoms with van der Waals surface area (Å²) in [5.74, 6) is -0.0356. The van der Waals surface area contributed by atoms with Crippen molar-refractivity contribution >= 4 is 11.8 Å². The first-order valence-corrected chi connectivity index (χ1v) is 7.55. The molecular weight excluding hydrogens is 276 g/mol. The fourth-order valence-corrected chi connectivity index (χ4v) is 4.89. The van der Waals surface area contributed by atoms with Gasteiger partial charge in [0.2, 0.25) is 0 Å². The molecule has 1 aromatic rings. The second-order valence-electron chi connectivity index (χ2n) is 6.47. The monoisotopic (exact) mass is 290 g/mol. The summed E-state index contributed by atoms with van der Waals surface area (Å²) < 4.78 is 5.86. The first-order valence-electron chi connectivity index (χ1n) is 7.55. The van der Waals surface area contributed by atoms with Crippen molar-refractivity contribution in [3.05, 3.63) is 71.3 Å². The molecule has 0 unspecified atom stereocenters. The minimum absolute atomic E-state index is 0.210. The Hall–Kier alpha value is -2.42. The van der Waals surface area contributed by atoms with Crippen LogP contribution in [0.25, 0.3) is 0 Å². The minimum Gasteiger partial charge on any atom is -0.445 e. The maximum atomic E-state index is 12.3. The maximum absolute atomic E-state index is 12.3. The van der Waals surface area contributed by atoms with Crippen LogP contribution in [0.4, 0.5) is 0 Å². The Morgan fingerprint density at radius 1 is 1.14 bits per heavy atom. The Morgan fingerprint density at radius 2 is 1.86 bits per heavy atom. The van der Waals surface area contributed by atoms with Gasteiger partial charge in [0.1, 0.15) is 5.57 Å². The predicted molar refractivity (Wildman–Crippen MR) is 79.9 cm³/mol. The smallest absolute Gasteiger partial charge is 0.343 e. The third-order valence-corrected chi connectivity index (χ3v) is 5.68. The Labute approximate surface area is 128 Å². The largest absolute Gasteiger partial charge is 0.445 e. The number of hydrogen-bond acceptors (Lipinski definition) is 3. The highest BCUT2D eigenvalue weighted by Crippen LogP contribution is 2.76. The zero-order chi connectivity index (χ0) is 15.1. The Kier molecular flexibility index (Phi) is 1.93. The molecule has 0 N–H and O–H groups in total. The van der Waals surface area contributed by atoms with Crippen LogP contribution in [0.5, 0.6) is 0 Å². The highest BCUT2D eigenvalue weighted by molar-refractivity contribution is 6.20. The number of ether oxygens (including phenoxy) is 1. The van der Waals surface area contributed by atoms with Crippen LogP contribution in [0.1, 0.15) is 12.5 Å². The van der Waals surface area contributed by atoms with E-state index in [0.29, 0.717) is 11.8 Å². The van der Waals surface area contributed by atoms with Gasteiger partial charge >= 0.3 is 5.97 Å². The van der Waals surface area contributed by atoms with Gasteiger partial charge in [-0.25, -0.2) is 4.79 Å². The van der Waals surface area contributed by atoms with Crippen LogP contribution in [-0.2, 0) is 19.7 Å². The lowest BCUT2D eigenvalue weighted by Gasteiger charge is -2.37. The summed E-state index contributed by atoms with van der Waals surface area (Å²) in [7, 11) is 0. The van der Waals surface area contributed by atoms with E-state index >= 15 is 0 Å². The molecule has 0 amide bonds. The van der Waals surface area contributed by atoms with Crippen molar-refractivity contribution < 1.29 is 14.3 Å². The van der Waals surface area contributed by atoms with E-state index in [1.807, 2.05) is 30.4 Å². The van der Waals surface area contributed by atoms with E-state index in [9.17, 15) is 9.59 Å². The average Bonchev–Trinajstić information content (AvgIpc) is 2.91. The number of rotatable bonds is 2. The molecule has 4 atom stereocenters. The van der Waals surface area contributed by atoms with Crippen LogP contribution in [-0.4, -0.2) is 17.4 Å². The molecule has 108 valence electrons. The van der Waals surface area contributed by atoms with E-state index in [2.05, 4.69) is 24.3 Å². The molecule has 1 fully saturated rings. The number of Topliss-reactive ketones (excluding diaryl/α,β-unsaturated/α-hetero) is 1. The molecule has 1 saturated carbocycles. The van der Waals surface area contributed by atoms with Gasteiger partial charge in [-0.2, -0.15) is 0 Å². The van der Waals surface area contributed by atoms with Gasteiger partial charge in [-0.3, -0.25) is 4.79 Å². The predicted octanol–water partition coefficient (Wildman–Crippen LogP) is 2.49. The number of hydrogen-bond donors (Lipinski definition) is 0. The molecule has 1 aliphatic heterocycles. The molecule has 0 radical (unpaired) electrons. The molecule has 4 aliphatic rings. The van der Waals surface area contributed by atoms with Gasteiger partial charge in [0.25, 0.3) is 0 Å². The SMILES string of the molecule is CC(=O)C1=C2C=C[C@@H]3[C@@H]4C=C[C@@]2(OC1=O)[C@]34c1ccccc1. The fourth-order valence-electron chi connectivity index (χ4n) is 4.89. The summed E-state index contributed by atoms with van der Waals surface area (Å²) in [5, 5.41) is 0. The van der Waals surface area contributed by atoms with Crippen molar-refractivity contribution in [2.75, 3.05) is 0 Å². The molecule has 1 aromatic carbocycles. The van der Waals surface area contributed by atoms with Crippen LogP contribution in [0.2, 0.25) is 0 Å². The van der Waals surface area contributed by atoms with E-state index in [0.717, 1.165) is 5.57 Å². The van der Waals surface area contributed by atoms with Gasteiger partial charge < -0.3 is 4.74 Å². The van der Waals surface area contributed by atoms with Crippen LogP contribution < -0.4 is 0 Å². The highest BCUT2D eigenvalue weighted by Gasteiger charge is 2.80. The lowest BCUT2D eigenvalue weighted by molar-refractivity contribution is -0.146. The molecule has 3 aliphatic carbocycles. The molecule has 0 bridgehead atoms. The number of carbonyl (C=O) groups excluding carboxylic acids is 2. The molecule has 5 rings (SSSR count). The summed E-state index contributed by atoms with van der Waals surface area (Å²) in [4.78, 5) is 24.3. The van der Waals surface area contributed by atoms with Crippen molar-refractivity contribution in [2.45, 2.75) is 17.9 Å². The van der Waals surface area contributed by atoms with Gasteiger partial charge in [-0.1, -0.05) is 48.6 Å². The molecule has 3 heteroatoms. The Morgan fingerprint density at radius 3 is 2.59 bits per heavy atom. The lowest BCUT2D eigenvalue weighted by Crippen LogP contribution is -2.44. The van der Waals surface area contributed by atoms with Crippen molar-refractivity contribution in [1.82, 2.24) is 0 Å². The zero-order valence-electron chi connectivity index (χ0n) is 12.1. The zero-order valence-corrected chi connectivity index (χ0v) is 12.1.